The highest BCUT2D eigenvalue weighted by atomic mass is 32.2. The van der Waals surface area contributed by atoms with Gasteiger partial charge in [0.15, 0.2) is 0 Å². The summed E-state index contributed by atoms with van der Waals surface area (Å²) in [4.78, 5) is 11.0. The maximum absolute atomic E-state index is 12.0. The van der Waals surface area contributed by atoms with Crippen molar-refractivity contribution in [3.8, 4) is 11.3 Å². The van der Waals surface area contributed by atoms with Gasteiger partial charge in [0.05, 0.1) is 16.8 Å². The molecule has 7 nitrogen and oxygen atoms in total. The third-order valence-corrected chi connectivity index (χ3v) is 5.21. The molecule has 2 N–H and O–H groups in total. The number of amides is 1. The third kappa shape index (κ3) is 4.86. The summed E-state index contributed by atoms with van der Waals surface area (Å²) in [5.74, 6) is 0.476. The van der Waals surface area contributed by atoms with Gasteiger partial charge in [-0.25, -0.2) is 13.1 Å². The summed E-state index contributed by atoms with van der Waals surface area (Å²) in [6.07, 6.45) is 1.56. The van der Waals surface area contributed by atoms with E-state index in [9.17, 15) is 13.2 Å². The summed E-state index contributed by atoms with van der Waals surface area (Å²) in [5.41, 5.74) is 5.64. The van der Waals surface area contributed by atoms with E-state index in [1.165, 1.54) is 12.1 Å². The van der Waals surface area contributed by atoms with Crippen LogP contribution in [0.2, 0.25) is 0 Å². The number of benzene rings is 2. The summed E-state index contributed by atoms with van der Waals surface area (Å²) in [5, 5.41) is 4.15. The maximum Gasteiger partial charge on any atom is 0.264 e. The molecular formula is C20H19N3O4S. The van der Waals surface area contributed by atoms with Crippen molar-refractivity contribution in [2.45, 2.75) is 18.7 Å². The standard InChI is InChI=1S/C20H19N3O4S/c1-14-4-3-5-17(12-14)22-21-13-18-8-11-20(27-18)16-6-9-19(10-7-16)28(25,26)23-15(2)24/h3-13,22H,1-2H3,(H,23,24)/b21-13-. The quantitative estimate of drug-likeness (QED) is 0.489. The van der Waals surface area contributed by atoms with Crippen molar-refractivity contribution in [3.05, 3.63) is 72.0 Å². The minimum atomic E-state index is -3.85. The average molecular weight is 397 g/mol. The number of nitrogens with one attached hydrogen (secondary N) is 2. The van der Waals surface area contributed by atoms with Gasteiger partial charge in [0, 0.05) is 12.5 Å². The Kier molecular flexibility index (Phi) is 5.60. The fraction of sp³-hybridized carbons (Fsp3) is 0.100. The predicted molar refractivity (Wildman–Crippen MR) is 108 cm³/mol. The van der Waals surface area contributed by atoms with Crippen molar-refractivity contribution in [1.82, 2.24) is 4.72 Å². The molecule has 3 rings (SSSR count). The van der Waals surface area contributed by atoms with Gasteiger partial charge >= 0.3 is 0 Å². The molecule has 3 aromatic rings. The Morgan fingerprint density at radius 2 is 1.82 bits per heavy atom. The number of anilines is 1. The summed E-state index contributed by atoms with van der Waals surface area (Å²) in [6, 6.07) is 17.4. The van der Waals surface area contributed by atoms with E-state index in [0.29, 0.717) is 17.1 Å². The lowest BCUT2D eigenvalue weighted by Crippen LogP contribution is -2.28. The van der Waals surface area contributed by atoms with Crippen LogP contribution >= 0.6 is 0 Å². The Balaban J connectivity index is 1.70. The van der Waals surface area contributed by atoms with Gasteiger partial charge in [-0.15, -0.1) is 0 Å². The molecule has 28 heavy (non-hydrogen) atoms. The molecule has 1 heterocycles. The molecular weight excluding hydrogens is 378 g/mol. The van der Waals surface area contributed by atoms with Gasteiger partial charge in [-0.1, -0.05) is 12.1 Å². The lowest BCUT2D eigenvalue weighted by molar-refractivity contribution is -0.117. The molecule has 2 aromatic carbocycles. The second kappa shape index (κ2) is 8.10. The van der Waals surface area contributed by atoms with Crippen LogP contribution in [0.1, 0.15) is 18.2 Å². The van der Waals surface area contributed by atoms with Crippen molar-refractivity contribution in [2.24, 2.45) is 5.10 Å². The number of sulfonamides is 1. The summed E-state index contributed by atoms with van der Waals surface area (Å²) >= 11 is 0. The van der Waals surface area contributed by atoms with Gasteiger partial charge in [0.25, 0.3) is 10.0 Å². The highest BCUT2D eigenvalue weighted by Gasteiger charge is 2.15. The van der Waals surface area contributed by atoms with Gasteiger partial charge in [-0.05, 0) is 61.0 Å². The van der Waals surface area contributed by atoms with Crippen molar-refractivity contribution < 1.29 is 17.6 Å². The fourth-order valence-electron chi connectivity index (χ4n) is 2.51. The Hall–Kier alpha value is -3.39. The van der Waals surface area contributed by atoms with Crippen molar-refractivity contribution in [2.75, 3.05) is 5.43 Å². The molecule has 8 heteroatoms. The molecule has 0 radical (unpaired) electrons. The highest BCUT2D eigenvalue weighted by molar-refractivity contribution is 7.90. The molecule has 1 aromatic heterocycles. The number of carbonyl (C=O) groups is 1. The molecule has 0 atom stereocenters. The number of rotatable bonds is 6. The zero-order valence-electron chi connectivity index (χ0n) is 15.3. The SMILES string of the molecule is CC(=O)NS(=O)(=O)c1ccc(-c2ccc(/C=N\Nc3cccc(C)c3)o2)cc1. The molecule has 0 spiro atoms. The van der Waals surface area contributed by atoms with Crippen LogP contribution in [0.3, 0.4) is 0 Å². The van der Waals surface area contributed by atoms with Crippen LogP contribution in [0.4, 0.5) is 5.69 Å². The Labute approximate surface area is 163 Å². The zero-order valence-corrected chi connectivity index (χ0v) is 16.2. The molecule has 1 amide bonds. The van der Waals surface area contributed by atoms with E-state index < -0.39 is 15.9 Å². The van der Waals surface area contributed by atoms with Gasteiger partial charge < -0.3 is 4.42 Å². The summed E-state index contributed by atoms with van der Waals surface area (Å²) in [6.45, 7) is 3.14. The molecule has 0 aliphatic carbocycles. The first-order chi connectivity index (χ1) is 13.3. The van der Waals surface area contributed by atoms with Gasteiger partial charge in [0.2, 0.25) is 5.91 Å². The first kappa shape index (κ1) is 19.4. The number of aryl methyl sites for hydroxylation is 1. The monoisotopic (exact) mass is 397 g/mol. The first-order valence-electron chi connectivity index (χ1n) is 8.43. The van der Waals surface area contributed by atoms with Gasteiger partial charge in [0.1, 0.15) is 11.5 Å². The molecule has 0 bridgehead atoms. The largest absolute Gasteiger partial charge is 0.455 e. The fourth-order valence-corrected chi connectivity index (χ4v) is 3.50. The molecule has 0 aliphatic rings. The molecule has 0 aliphatic heterocycles. The van der Waals surface area contributed by atoms with E-state index in [4.69, 9.17) is 4.42 Å². The van der Waals surface area contributed by atoms with Crippen LogP contribution in [-0.2, 0) is 14.8 Å². The van der Waals surface area contributed by atoms with Crippen LogP contribution in [0.5, 0.6) is 0 Å². The van der Waals surface area contributed by atoms with E-state index >= 15 is 0 Å². The number of carbonyl (C=O) groups excluding carboxylic acids is 1. The van der Waals surface area contributed by atoms with E-state index in [2.05, 4.69) is 10.5 Å². The average Bonchev–Trinajstić information content (AvgIpc) is 3.10. The topological polar surface area (TPSA) is 101 Å². The highest BCUT2D eigenvalue weighted by Crippen LogP contribution is 2.23. The third-order valence-electron chi connectivity index (χ3n) is 3.76. The van der Waals surface area contributed by atoms with E-state index in [-0.39, 0.29) is 4.90 Å². The Morgan fingerprint density at radius 1 is 1.07 bits per heavy atom. The van der Waals surface area contributed by atoms with Crippen LogP contribution in [-0.4, -0.2) is 20.5 Å². The maximum atomic E-state index is 12.0. The van der Waals surface area contributed by atoms with Crippen LogP contribution in [0, 0.1) is 6.92 Å². The van der Waals surface area contributed by atoms with Crippen molar-refractivity contribution >= 4 is 27.8 Å². The second-order valence-corrected chi connectivity index (χ2v) is 7.81. The number of hydrogen-bond acceptors (Lipinski definition) is 6. The number of furan rings is 1. The van der Waals surface area contributed by atoms with Gasteiger partial charge in [-0.2, -0.15) is 5.10 Å². The molecule has 0 unspecified atom stereocenters. The van der Waals surface area contributed by atoms with E-state index in [1.807, 2.05) is 35.9 Å². The van der Waals surface area contributed by atoms with Crippen molar-refractivity contribution in [3.63, 3.8) is 0 Å². The Morgan fingerprint density at radius 3 is 2.50 bits per heavy atom. The minimum absolute atomic E-state index is 0.00199. The van der Waals surface area contributed by atoms with Crippen LogP contribution in [0.15, 0.2) is 75.1 Å². The zero-order chi connectivity index (χ0) is 20.1. The summed E-state index contributed by atoms with van der Waals surface area (Å²) in [7, 11) is -3.85. The first-order valence-corrected chi connectivity index (χ1v) is 9.91. The van der Waals surface area contributed by atoms with Crippen LogP contribution < -0.4 is 10.1 Å². The van der Waals surface area contributed by atoms with Crippen molar-refractivity contribution in [1.29, 1.82) is 0 Å². The molecule has 144 valence electrons. The van der Waals surface area contributed by atoms with Crippen LogP contribution in [0.25, 0.3) is 11.3 Å². The predicted octanol–water partition coefficient (Wildman–Crippen LogP) is 3.53. The normalized spacial score (nSPS) is 11.5. The van der Waals surface area contributed by atoms with E-state index in [1.54, 1.807) is 30.5 Å². The molecule has 0 saturated carbocycles. The number of nitrogens with zero attached hydrogens (tertiary/aromatic N) is 1. The lowest BCUT2D eigenvalue weighted by Gasteiger charge is -2.05. The van der Waals surface area contributed by atoms with E-state index in [0.717, 1.165) is 18.2 Å². The summed E-state index contributed by atoms with van der Waals surface area (Å²) < 4.78 is 31.6. The number of hydrazone groups is 1. The minimum Gasteiger partial charge on any atom is -0.455 e. The molecule has 0 saturated heterocycles. The lowest BCUT2D eigenvalue weighted by atomic mass is 10.2. The number of hydrogen-bond donors (Lipinski definition) is 2. The Bertz CT molecular complexity index is 1120. The van der Waals surface area contributed by atoms with Gasteiger partial charge in [-0.3, -0.25) is 10.2 Å². The second-order valence-electron chi connectivity index (χ2n) is 6.13. The smallest absolute Gasteiger partial charge is 0.264 e. The molecule has 0 fully saturated rings.